The van der Waals surface area contributed by atoms with Gasteiger partial charge in [0.25, 0.3) is 0 Å². The van der Waals surface area contributed by atoms with Gasteiger partial charge in [-0.3, -0.25) is 37.3 Å². The second kappa shape index (κ2) is 55.4. The van der Waals surface area contributed by atoms with Gasteiger partial charge in [0.15, 0.2) is 12.2 Å². The molecular weight excluding hydrogens is 1100 g/mol. The Balaban J connectivity index is 5.18. The molecule has 0 spiro atoms. The van der Waals surface area contributed by atoms with E-state index in [0.29, 0.717) is 37.5 Å². The number of phosphoric acid groups is 2. The first-order valence-corrected chi connectivity index (χ1v) is 36.3. The Morgan fingerprint density at radius 3 is 0.819 bits per heavy atom. The van der Waals surface area contributed by atoms with E-state index in [4.69, 9.17) is 37.0 Å². The fourth-order valence-electron chi connectivity index (χ4n) is 9.48. The summed E-state index contributed by atoms with van der Waals surface area (Å²) >= 11 is 0. The van der Waals surface area contributed by atoms with Crippen LogP contribution in [0.4, 0.5) is 0 Å². The summed E-state index contributed by atoms with van der Waals surface area (Å²) in [5, 5.41) is 10.5. The zero-order valence-corrected chi connectivity index (χ0v) is 55.4. The molecule has 0 aliphatic rings. The number of ether oxygens (including phenoxy) is 4. The van der Waals surface area contributed by atoms with Crippen LogP contribution in [-0.4, -0.2) is 96.7 Å². The summed E-state index contributed by atoms with van der Waals surface area (Å²) in [6.07, 6.45) is 36.6. The Morgan fingerprint density at radius 1 is 0.325 bits per heavy atom. The van der Waals surface area contributed by atoms with Gasteiger partial charge in [0, 0.05) is 25.7 Å². The lowest BCUT2D eigenvalue weighted by Crippen LogP contribution is -2.30. The highest BCUT2D eigenvalue weighted by Crippen LogP contribution is 2.45. The molecule has 19 heteroatoms. The van der Waals surface area contributed by atoms with E-state index in [1.807, 2.05) is 0 Å². The number of hydrogen-bond donors (Lipinski definition) is 3. The van der Waals surface area contributed by atoms with Crippen molar-refractivity contribution in [3.05, 3.63) is 0 Å². The molecule has 3 N–H and O–H groups in total. The van der Waals surface area contributed by atoms with Crippen molar-refractivity contribution in [2.75, 3.05) is 39.6 Å². The predicted molar refractivity (Wildman–Crippen MR) is 331 cm³/mol. The highest BCUT2D eigenvalue weighted by Gasteiger charge is 2.30. The summed E-state index contributed by atoms with van der Waals surface area (Å²) in [5.74, 6) is 0.0252. The maximum Gasteiger partial charge on any atom is 0.472 e. The Morgan fingerprint density at radius 2 is 0.554 bits per heavy atom. The Hall–Kier alpha value is -1.94. The van der Waals surface area contributed by atoms with Gasteiger partial charge in [-0.25, -0.2) is 9.13 Å². The van der Waals surface area contributed by atoms with Crippen molar-refractivity contribution < 1.29 is 80.2 Å². The second-order valence-electron chi connectivity index (χ2n) is 24.6. The standard InChI is InChI=1S/C64H124O17P2/c1-8-9-10-11-21-31-38-45-61(66)74-51-60(81-64(69)48-41-34-27-26-30-37-44-57(6)7)54-79-83(72,73)77-50-58(65)49-76-82(70,71)78-53-59(52-75-62(67)46-39-32-25-20-23-29-36-43-56(4)5)80-63(68)47-40-33-24-19-17-15-13-12-14-16-18-22-28-35-42-55(2)3/h55-60,65H,8-54H2,1-7H3,(H,70,71)(H,72,73)/t58-,59-,60-/m1/s1. The van der Waals surface area contributed by atoms with Gasteiger partial charge in [-0.05, 0) is 43.4 Å². The van der Waals surface area contributed by atoms with E-state index in [2.05, 4.69) is 48.5 Å². The quantitative estimate of drug-likeness (QED) is 0.0222. The lowest BCUT2D eigenvalue weighted by molar-refractivity contribution is -0.161. The molecule has 0 fully saturated rings. The van der Waals surface area contributed by atoms with E-state index in [0.717, 1.165) is 115 Å². The summed E-state index contributed by atoms with van der Waals surface area (Å²) in [5.41, 5.74) is 0. The number of aliphatic hydroxyl groups is 1. The van der Waals surface area contributed by atoms with Gasteiger partial charge in [-0.1, -0.05) is 260 Å². The molecule has 492 valence electrons. The van der Waals surface area contributed by atoms with Gasteiger partial charge >= 0.3 is 39.5 Å². The van der Waals surface area contributed by atoms with Crippen LogP contribution in [0.15, 0.2) is 0 Å². The third kappa shape index (κ3) is 58.8. The monoisotopic (exact) mass is 1230 g/mol. The van der Waals surface area contributed by atoms with Crippen LogP contribution >= 0.6 is 15.6 Å². The number of aliphatic hydroxyl groups excluding tert-OH is 1. The molecule has 0 aromatic carbocycles. The van der Waals surface area contributed by atoms with Crippen LogP contribution < -0.4 is 0 Å². The van der Waals surface area contributed by atoms with Gasteiger partial charge in [-0.15, -0.1) is 0 Å². The molecule has 2 unspecified atom stereocenters. The number of hydrogen-bond acceptors (Lipinski definition) is 15. The summed E-state index contributed by atoms with van der Waals surface area (Å²) < 4.78 is 67.8. The average molecular weight is 1230 g/mol. The van der Waals surface area contributed by atoms with Crippen LogP contribution in [0.5, 0.6) is 0 Å². The zero-order chi connectivity index (χ0) is 61.7. The fraction of sp³-hybridized carbons (Fsp3) is 0.938. The molecule has 0 saturated carbocycles. The van der Waals surface area contributed by atoms with Crippen LogP contribution in [0.1, 0.15) is 312 Å². The number of carbonyl (C=O) groups is 4. The fourth-order valence-corrected chi connectivity index (χ4v) is 11.1. The summed E-state index contributed by atoms with van der Waals surface area (Å²) in [6, 6.07) is 0. The number of esters is 4. The maximum atomic E-state index is 13.0. The molecule has 0 aromatic rings. The van der Waals surface area contributed by atoms with Gasteiger partial charge < -0.3 is 33.8 Å². The van der Waals surface area contributed by atoms with E-state index in [1.54, 1.807) is 0 Å². The topological polar surface area (TPSA) is 237 Å². The van der Waals surface area contributed by atoms with Crippen molar-refractivity contribution in [2.45, 2.75) is 330 Å². The van der Waals surface area contributed by atoms with Crippen molar-refractivity contribution >= 4 is 39.5 Å². The van der Waals surface area contributed by atoms with Gasteiger partial charge in [0.1, 0.15) is 19.3 Å². The predicted octanol–water partition coefficient (Wildman–Crippen LogP) is 17.5. The molecule has 5 atom stereocenters. The largest absolute Gasteiger partial charge is 0.472 e. The summed E-state index contributed by atoms with van der Waals surface area (Å²) in [7, 11) is -9.88. The van der Waals surface area contributed by atoms with E-state index in [-0.39, 0.29) is 25.7 Å². The Kier molecular flexibility index (Phi) is 54.1. The highest BCUT2D eigenvalue weighted by molar-refractivity contribution is 7.47. The van der Waals surface area contributed by atoms with Gasteiger partial charge in [0.2, 0.25) is 0 Å². The van der Waals surface area contributed by atoms with Gasteiger partial charge in [0.05, 0.1) is 26.4 Å². The van der Waals surface area contributed by atoms with Crippen LogP contribution in [0.25, 0.3) is 0 Å². The second-order valence-corrected chi connectivity index (χ2v) is 27.5. The van der Waals surface area contributed by atoms with E-state index < -0.39 is 97.5 Å². The molecule has 0 heterocycles. The normalized spacial score (nSPS) is 14.4. The van der Waals surface area contributed by atoms with Crippen molar-refractivity contribution in [1.82, 2.24) is 0 Å². The summed E-state index contributed by atoms with van der Waals surface area (Å²) in [6.45, 7) is 11.6. The minimum atomic E-state index is -4.94. The number of phosphoric ester groups is 2. The van der Waals surface area contributed by atoms with Crippen molar-refractivity contribution in [1.29, 1.82) is 0 Å². The number of carbonyl (C=O) groups excluding carboxylic acids is 4. The van der Waals surface area contributed by atoms with Crippen LogP contribution in [0, 0.1) is 17.8 Å². The minimum absolute atomic E-state index is 0.101. The molecule has 0 saturated heterocycles. The zero-order valence-electron chi connectivity index (χ0n) is 53.6. The average Bonchev–Trinajstić information content (AvgIpc) is 3.43. The summed E-state index contributed by atoms with van der Waals surface area (Å²) in [4.78, 5) is 72.0. The van der Waals surface area contributed by atoms with Crippen molar-refractivity contribution in [2.24, 2.45) is 17.8 Å². The minimum Gasteiger partial charge on any atom is -0.462 e. The lowest BCUT2D eigenvalue weighted by Gasteiger charge is -2.21. The molecule has 0 aliphatic heterocycles. The Bertz CT molecular complexity index is 1650. The van der Waals surface area contributed by atoms with E-state index in [9.17, 15) is 43.2 Å². The molecule has 0 amide bonds. The van der Waals surface area contributed by atoms with E-state index >= 15 is 0 Å². The first-order valence-electron chi connectivity index (χ1n) is 33.3. The third-order valence-corrected chi connectivity index (χ3v) is 16.5. The van der Waals surface area contributed by atoms with Crippen molar-refractivity contribution in [3.8, 4) is 0 Å². The number of unbranched alkanes of at least 4 members (excludes halogenated alkanes) is 30. The van der Waals surface area contributed by atoms with Crippen LogP contribution in [0.3, 0.4) is 0 Å². The molecule has 17 nitrogen and oxygen atoms in total. The highest BCUT2D eigenvalue weighted by atomic mass is 31.2. The number of rotatable bonds is 62. The molecule has 0 aliphatic carbocycles. The third-order valence-electron chi connectivity index (χ3n) is 14.6. The van der Waals surface area contributed by atoms with Crippen LogP contribution in [0.2, 0.25) is 0 Å². The molecular formula is C64H124O17P2. The first kappa shape index (κ1) is 81.1. The smallest absolute Gasteiger partial charge is 0.462 e. The molecule has 83 heavy (non-hydrogen) atoms. The van der Waals surface area contributed by atoms with Crippen LogP contribution in [-0.2, 0) is 65.4 Å². The molecule has 0 aromatic heterocycles. The molecule has 0 bridgehead atoms. The maximum absolute atomic E-state index is 13.0. The first-order chi connectivity index (χ1) is 39.7. The van der Waals surface area contributed by atoms with E-state index in [1.165, 1.54) is 103 Å². The Labute approximate surface area is 505 Å². The lowest BCUT2D eigenvalue weighted by atomic mass is 10.0. The molecule has 0 radical (unpaired) electrons. The SMILES string of the molecule is CCCCCCCCCC(=O)OC[C@H](COP(=O)(O)OC[C@H](O)COP(=O)(O)OC[C@@H](COC(=O)CCCCCCCCCC(C)C)OC(=O)CCCCCCCCCCCCCCCCC(C)C)OC(=O)CCCCCCCCC(C)C. The molecule has 0 rings (SSSR count). The van der Waals surface area contributed by atoms with Crippen molar-refractivity contribution in [3.63, 3.8) is 0 Å². The van der Waals surface area contributed by atoms with Gasteiger partial charge in [-0.2, -0.15) is 0 Å².